The van der Waals surface area contributed by atoms with Gasteiger partial charge in [-0.05, 0) is 25.5 Å². The molecule has 0 heterocycles. The lowest BCUT2D eigenvalue weighted by molar-refractivity contribution is -0.132. The van der Waals surface area contributed by atoms with Crippen molar-refractivity contribution in [3.8, 4) is 5.75 Å². The largest absolute Gasteiger partial charge is 0.496 e. The number of nitrogens with two attached hydrogens (primary N) is 1. The minimum Gasteiger partial charge on any atom is -0.496 e. The minimum atomic E-state index is -0.0198. The van der Waals surface area contributed by atoms with Gasteiger partial charge in [0.25, 0.3) is 0 Å². The van der Waals surface area contributed by atoms with Crippen molar-refractivity contribution < 1.29 is 9.53 Å². The molecule has 0 aromatic heterocycles. The number of methoxy groups -OCH3 is 1. The van der Waals surface area contributed by atoms with Crippen LogP contribution in [0.3, 0.4) is 0 Å². The number of nitrogens with zero attached hydrogens (tertiary/aromatic N) is 1. The fourth-order valence-electron chi connectivity index (χ4n) is 1.96. The van der Waals surface area contributed by atoms with Gasteiger partial charge in [-0.15, -0.1) is 0 Å². The van der Waals surface area contributed by atoms with E-state index >= 15 is 0 Å². The zero-order chi connectivity index (χ0) is 14.4. The van der Waals surface area contributed by atoms with Crippen molar-refractivity contribution in [1.29, 1.82) is 0 Å². The Morgan fingerprint density at radius 3 is 2.58 bits per heavy atom. The second-order valence-corrected chi connectivity index (χ2v) is 4.97. The SMILES string of the molecule is COc1ccccc1C(C)N(C)C(=O)CC(C)CN. The third-order valence-corrected chi connectivity index (χ3v) is 3.49. The van der Waals surface area contributed by atoms with Gasteiger partial charge in [0, 0.05) is 19.0 Å². The van der Waals surface area contributed by atoms with E-state index in [0.29, 0.717) is 13.0 Å². The Bertz CT molecular complexity index is 420. The molecule has 0 fully saturated rings. The lowest BCUT2D eigenvalue weighted by Crippen LogP contribution is -2.32. The number of hydrogen-bond donors (Lipinski definition) is 1. The van der Waals surface area contributed by atoms with Gasteiger partial charge in [0.1, 0.15) is 5.75 Å². The smallest absolute Gasteiger partial charge is 0.223 e. The molecule has 4 nitrogen and oxygen atoms in total. The van der Waals surface area contributed by atoms with Gasteiger partial charge in [-0.3, -0.25) is 4.79 Å². The lowest BCUT2D eigenvalue weighted by Gasteiger charge is -2.27. The van der Waals surface area contributed by atoms with E-state index in [0.717, 1.165) is 11.3 Å². The molecule has 0 saturated carbocycles. The molecule has 106 valence electrons. The number of amides is 1. The molecule has 1 amide bonds. The van der Waals surface area contributed by atoms with Crippen molar-refractivity contribution in [2.24, 2.45) is 11.7 Å². The minimum absolute atomic E-state index is 0.0198. The van der Waals surface area contributed by atoms with Crippen molar-refractivity contribution in [3.63, 3.8) is 0 Å². The number of rotatable bonds is 6. The summed E-state index contributed by atoms with van der Waals surface area (Å²) in [5.74, 6) is 1.12. The molecule has 0 radical (unpaired) electrons. The van der Waals surface area contributed by atoms with Crippen LogP contribution in [0.25, 0.3) is 0 Å². The summed E-state index contributed by atoms with van der Waals surface area (Å²) in [5, 5.41) is 0. The molecular formula is C15H24N2O2. The summed E-state index contributed by atoms with van der Waals surface area (Å²) in [6, 6.07) is 7.75. The molecular weight excluding hydrogens is 240 g/mol. The van der Waals surface area contributed by atoms with Gasteiger partial charge in [0.05, 0.1) is 13.2 Å². The van der Waals surface area contributed by atoms with Crippen LogP contribution in [-0.4, -0.2) is 31.5 Å². The molecule has 0 bridgehead atoms. The second kappa shape index (κ2) is 7.14. The Hall–Kier alpha value is -1.55. The molecule has 2 N–H and O–H groups in total. The summed E-state index contributed by atoms with van der Waals surface area (Å²) >= 11 is 0. The highest BCUT2D eigenvalue weighted by Crippen LogP contribution is 2.28. The molecule has 0 spiro atoms. The normalized spacial score (nSPS) is 13.7. The Labute approximate surface area is 115 Å². The predicted octanol–water partition coefficient (Wildman–Crippen LogP) is 2.20. The molecule has 4 heteroatoms. The zero-order valence-electron chi connectivity index (χ0n) is 12.2. The average molecular weight is 264 g/mol. The van der Waals surface area contributed by atoms with Crippen molar-refractivity contribution in [3.05, 3.63) is 29.8 Å². The van der Waals surface area contributed by atoms with E-state index in [4.69, 9.17) is 10.5 Å². The van der Waals surface area contributed by atoms with Crippen molar-refractivity contribution in [2.75, 3.05) is 20.7 Å². The molecule has 1 rings (SSSR count). The number of para-hydroxylation sites is 1. The molecule has 19 heavy (non-hydrogen) atoms. The van der Waals surface area contributed by atoms with Crippen LogP contribution in [0.5, 0.6) is 5.75 Å². The maximum Gasteiger partial charge on any atom is 0.223 e. The number of hydrogen-bond acceptors (Lipinski definition) is 3. The quantitative estimate of drug-likeness (QED) is 0.857. The Morgan fingerprint density at radius 2 is 2.00 bits per heavy atom. The van der Waals surface area contributed by atoms with Crippen molar-refractivity contribution in [2.45, 2.75) is 26.3 Å². The fourth-order valence-corrected chi connectivity index (χ4v) is 1.96. The van der Waals surface area contributed by atoms with E-state index in [1.165, 1.54) is 0 Å². The maximum absolute atomic E-state index is 12.2. The van der Waals surface area contributed by atoms with Crippen LogP contribution in [0.2, 0.25) is 0 Å². The first kappa shape index (κ1) is 15.5. The third kappa shape index (κ3) is 3.96. The van der Waals surface area contributed by atoms with E-state index in [1.807, 2.05) is 45.2 Å². The molecule has 2 unspecified atom stereocenters. The van der Waals surface area contributed by atoms with E-state index in [1.54, 1.807) is 12.0 Å². The number of carbonyl (C=O) groups excluding carboxylic acids is 1. The highest BCUT2D eigenvalue weighted by molar-refractivity contribution is 5.76. The van der Waals surface area contributed by atoms with Crippen LogP contribution < -0.4 is 10.5 Å². The fraction of sp³-hybridized carbons (Fsp3) is 0.533. The summed E-state index contributed by atoms with van der Waals surface area (Å²) < 4.78 is 5.34. The number of benzene rings is 1. The molecule has 2 atom stereocenters. The summed E-state index contributed by atoms with van der Waals surface area (Å²) in [7, 11) is 3.46. The summed E-state index contributed by atoms with van der Waals surface area (Å²) in [6.45, 7) is 4.52. The molecule has 0 aliphatic rings. The number of carbonyl (C=O) groups is 1. The van der Waals surface area contributed by atoms with Crippen LogP contribution in [0, 0.1) is 5.92 Å². The van der Waals surface area contributed by atoms with E-state index < -0.39 is 0 Å². The summed E-state index contributed by atoms with van der Waals surface area (Å²) in [6.07, 6.45) is 0.479. The highest BCUT2D eigenvalue weighted by Gasteiger charge is 2.21. The third-order valence-electron chi connectivity index (χ3n) is 3.49. The lowest BCUT2D eigenvalue weighted by atomic mass is 10.0. The van der Waals surface area contributed by atoms with Gasteiger partial charge < -0.3 is 15.4 Å². The van der Waals surface area contributed by atoms with Gasteiger partial charge in [-0.1, -0.05) is 25.1 Å². The van der Waals surface area contributed by atoms with Gasteiger partial charge in [-0.2, -0.15) is 0 Å². The Balaban J connectivity index is 2.81. The summed E-state index contributed by atoms with van der Waals surface area (Å²) in [4.78, 5) is 13.9. The standard InChI is InChI=1S/C15H24N2O2/c1-11(10-16)9-15(18)17(3)12(2)13-7-5-6-8-14(13)19-4/h5-8,11-12H,9-10,16H2,1-4H3. The second-order valence-electron chi connectivity index (χ2n) is 4.97. The van der Waals surface area contributed by atoms with E-state index in [9.17, 15) is 4.79 Å². The van der Waals surface area contributed by atoms with Crippen LogP contribution in [0.4, 0.5) is 0 Å². The van der Waals surface area contributed by atoms with Crippen LogP contribution in [-0.2, 0) is 4.79 Å². The van der Waals surface area contributed by atoms with Gasteiger partial charge >= 0.3 is 0 Å². The van der Waals surface area contributed by atoms with Gasteiger partial charge in [0.2, 0.25) is 5.91 Å². The average Bonchev–Trinajstić information content (AvgIpc) is 2.45. The first-order chi connectivity index (χ1) is 9.01. The first-order valence-corrected chi connectivity index (χ1v) is 6.59. The van der Waals surface area contributed by atoms with Crippen LogP contribution in [0.1, 0.15) is 31.9 Å². The van der Waals surface area contributed by atoms with E-state index in [2.05, 4.69) is 0 Å². The first-order valence-electron chi connectivity index (χ1n) is 6.59. The van der Waals surface area contributed by atoms with Crippen molar-refractivity contribution in [1.82, 2.24) is 4.90 Å². The van der Waals surface area contributed by atoms with Crippen molar-refractivity contribution >= 4 is 5.91 Å². The van der Waals surface area contributed by atoms with Gasteiger partial charge in [-0.25, -0.2) is 0 Å². The van der Waals surface area contributed by atoms with Crippen LogP contribution in [0.15, 0.2) is 24.3 Å². The zero-order valence-corrected chi connectivity index (χ0v) is 12.2. The number of ether oxygens (including phenoxy) is 1. The molecule has 0 aliphatic carbocycles. The Morgan fingerprint density at radius 1 is 1.37 bits per heavy atom. The predicted molar refractivity (Wildman–Crippen MR) is 77.0 cm³/mol. The molecule has 0 aliphatic heterocycles. The maximum atomic E-state index is 12.2. The molecule has 1 aromatic rings. The van der Waals surface area contributed by atoms with E-state index in [-0.39, 0.29) is 17.9 Å². The topological polar surface area (TPSA) is 55.6 Å². The van der Waals surface area contributed by atoms with Gasteiger partial charge in [0.15, 0.2) is 0 Å². The summed E-state index contributed by atoms with van der Waals surface area (Å²) in [5.41, 5.74) is 6.58. The Kier molecular flexibility index (Phi) is 5.83. The van der Waals surface area contributed by atoms with Crippen LogP contribution >= 0.6 is 0 Å². The molecule has 0 saturated heterocycles. The highest BCUT2D eigenvalue weighted by atomic mass is 16.5. The molecule has 1 aromatic carbocycles. The monoisotopic (exact) mass is 264 g/mol.